The summed E-state index contributed by atoms with van der Waals surface area (Å²) in [4.78, 5) is 5.73. The van der Waals surface area contributed by atoms with Gasteiger partial charge in [-0.2, -0.15) is 0 Å². The van der Waals surface area contributed by atoms with Crippen molar-refractivity contribution in [1.29, 1.82) is 0 Å². The molecule has 1 N–H and O–H groups in total. The van der Waals surface area contributed by atoms with Gasteiger partial charge in [0.2, 0.25) is 0 Å². The van der Waals surface area contributed by atoms with Gasteiger partial charge in [0.25, 0.3) is 0 Å². The average Bonchev–Trinajstić information content (AvgIpc) is 2.70. The lowest BCUT2D eigenvalue weighted by Gasteiger charge is -2.16. The summed E-state index contributed by atoms with van der Waals surface area (Å²) in [6.07, 6.45) is 12.7. The van der Waals surface area contributed by atoms with Gasteiger partial charge in [0, 0.05) is 18.0 Å². The molecule has 0 aliphatic carbocycles. The molecule has 0 spiro atoms. The largest absolute Gasteiger partial charge is 0.325 e. The fraction of sp³-hybridized carbons (Fsp3) is 0.125. The second kappa shape index (κ2) is 10.1. The van der Waals surface area contributed by atoms with Crippen molar-refractivity contribution in [3.8, 4) is 0 Å². The number of hydrogen-bond acceptors (Lipinski definition) is 1. The van der Waals surface area contributed by atoms with Gasteiger partial charge in [-0.3, -0.25) is 4.98 Å². The molecule has 26 heavy (non-hydrogen) atoms. The van der Waals surface area contributed by atoms with Crippen LogP contribution in [-0.2, 0) is 6.54 Å². The van der Waals surface area contributed by atoms with Crippen LogP contribution >= 0.6 is 0 Å². The first-order valence-corrected chi connectivity index (χ1v) is 9.06. The number of aromatic nitrogens is 1. The number of pyridine rings is 1. The molecule has 1 aromatic heterocycles. The van der Waals surface area contributed by atoms with E-state index in [1.807, 2.05) is 30.6 Å². The van der Waals surface area contributed by atoms with E-state index in [1.54, 1.807) is 0 Å². The predicted molar refractivity (Wildman–Crippen MR) is 110 cm³/mol. The third kappa shape index (κ3) is 6.15. The molecule has 0 fully saturated rings. The molecular weight excluding hydrogens is 316 g/mol. The SMILES string of the molecule is C(=C\c1ccccc1)/C[NH+](C/C=C/c1ccccc1)Cc1cccnc1. The summed E-state index contributed by atoms with van der Waals surface area (Å²) in [7, 11) is 0. The van der Waals surface area contributed by atoms with E-state index in [9.17, 15) is 0 Å². The molecule has 2 nitrogen and oxygen atoms in total. The summed E-state index contributed by atoms with van der Waals surface area (Å²) in [6.45, 7) is 2.91. The van der Waals surface area contributed by atoms with Crippen molar-refractivity contribution < 1.29 is 4.90 Å². The first-order valence-electron chi connectivity index (χ1n) is 9.06. The van der Waals surface area contributed by atoms with Crippen molar-refractivity contribution >= 4 is 12.2 Å². The van der Waals surface area contributed by atoms with Crippen LogP contribution in [0.5, 0.6) is 0 Å². The Morgan fingerprint density at radius 3 is 1.77 bits per heavy atom. The summed E-state index contributed by atoms with van der Waals surface area (Å²) >= 11 is 0. The van der Waals surface area contributed by atoms with Crippen LogP contribution in [-0.4, -0.2) is 18.1 Å². The molecule has 0 aliphatic heterocycles. The quantitative estimate of drug-likeness (QED) is 0.658. The topological polar surface area (TPSA) is 17.3 Å². The first-order chi connectivity index (χ1) is 12.9. The molecule has 0 bridgehead atoms. The summed E-state index contributed by atoms with van der Waals surface area (Å²) in [5.74, 6) is 0. The van der Waals surface area contributed by atoms with Crippen LogP contribution in [0.25, 0.3) is 12.2 Å². The van der Waals surface area contributed by atoms with Crippen molar-refractivity contribution in [3.05, 3.63) is 114 Å². The van der Waals surface area contributed by atoms with Crippen LogP contribution in [0.2, 0.25) is 0 Å². The van der Waals surface area contributed by atoms with Gasteiger partial charge in [-0.05, 0) is 29.3 Å². The van der Waals surface area contributed by atoms with Crippen LogP contribution < -0.4 is 4.90 Å². The Morgan fingerprint density at radius 1 is 0.692 bits per heavy atom. The Balaban J connectivity index is 1.63. The summed E-state index contributed by atoms with van der Waals surface area (Å²) in [6, 6.07) is 25.1. The van der Waals surface area contributed by atoms with E-state index < -0.39 is 0 Å². The average molecular weight is 341 g/mol. The number of quaternary nitrogens is 1. The minimum absolute atomic E-state index is 0.964. The molecule has 0 saturated carbocycles. The second-order valence-electron chi connectivity index (χ2n) is 6.32. The lowest BCUT2D eigenvalue weighted by atomic mass is 10.2. The Kier molecular flexibility index (Phi) is 6.94. The van der Waals surface area contributed by atoms with Gasteiger partial charge < -0.3 is 4.90 Å². The van der Waals surface area contributed by atoms with Gasteiger partial charge in [0.15, 0.2) is 0 Å². The highest BCUT2D eigenvalue weighted by atomic mass is 15.1. The van der Waals surface area contributed by atoms with Crippen LogP contribution in [0.3, 0.4) is 0 Å². The zero-order valence-corrected chi connectivity index (χ0v) is 15.0. The molecule has 3 rings (SSSR count). The monoisotopic (exact) mass is 341 g/mol. The molecule has 2 heteroatoms. The van der Waals surface area contributed by atoms with Gasteiger partial charge >= 0.3 is 0 Å². The Hall–Kier alpha value is -2.97. The normalized spacial score (nSPS) is 11.6. The van der Waals surface area contributed by atoms with Crippen LogP contribution in [0.1, 0.15) is 16.7 Å². The molecule has 3 aromatic rings. The zero-order chi connectivity index (χ0) is 17.9. The van der Waals surface area contributed by atoms with E-state index in [-0.39, 0.29) is 0 Å². The van der Waals surface area contributed by atoms with Crippen LogP contribution in [0.4, 0.5) is 0 Å². The molecule has 0 atom stereocenters. The summed E-state index contributed by atoms with van der Waals surface area (Å²) in [5, 5.41) is 0. The third-order valence-corrected chi connectivity index (χ3v) is 4.21. The molecule has 2 aromatic carbocycles. The number of nitrogens with one attached hydrogen (secondary N) is 1. The number of benzene rings is 2. The predicted octanol–water partition coefficient (Wildman–Crippen LogP) is 3.89. The van der Waals surface area contributed by atoms with Gasteiger partial charge in [-0.15, -0.1) is 0 Å². The highest BCUT2D eigenvalue weighted by molar-refractivity contribution is 5.49. The van der Waals surface area contributed by atoms with Crippen molar-refractivity contribution in [2.75, 3.05) is 13.1 Å². The molecule has 1 heterocycles. The minimum Gasteiger partial charge on any atom is -0.325 e. The van der Waals surface area contributed by atoms with Crippen molar-refractivity contribution in [2.24, 2.45) is 0 Å². The Bertz CT molecular complexity index is 757. The maximum atomic E-state index is 4.24. The Morgan fingerprint density at radius 2 is 1.27 bits per heavy atom. The van der Waals surface area contributed by atoms with Crippen molar-refractivity contribution in [3.63, 3.8) is 0 Å². The van der Waals surface area contributed by atoms with Gasteiger partial charge in [-0.25, -0.2) is 0 Å². The molecule has 0 aliphatic rings. The fourth-order valence-corrected chi connectivity index (χ4v) is 2.87. The van der Waals surface area contributed by atoms with E-state index in [0.29, 0.717) is 0 Å². The van der Waals surface area contributed by atoms with Gasteiger partial charge in [0.05, 0.1) is 13.1 Å². The van der Waals surface area contributed by atoms with Gasteiger partial charge in [-0.1, -0.05) is 78.9 Å². The van der Waals surface area contributed by atoms with Crippen molar-refractivity contribution in [2.45, 2.75) is 6.54 Å². The first kappa shape index (κ1) is 17.8. The van der Waals surface area contributed by atoms with E-state index in [0.717, 1.165) is 19.6 Å². The maximum absolute atomic E-state index is 4.24. The standard InChI is InChI=1S/C24H24N2/c1-3-10-22(11-4-1)15-8-18-26(21-24-14-7-17-25-20-24)19-9-16-23-12-5-2-6-13-23/h1-17,20H,18-19,21H2/p+1/b15-8+,16-9+. The summed E-state index contributed by atoms with van der Waals surface area (Å²) < 4.78 is 0. The minimum atomic E-state index is 0.964. The highest BCUT2D eigenvalue weighted by Gasteiger charge is 2.06. The van der Waals surface area contributed by atoms with E-state index in [1.165, 1.54) is 21.6 Å². The van der Waals surface area contributed by atoms with Crippen molar-refractivity contribution in [1.82, 2.24) is 4.98 Å². The highest BCUT2D eigenvalue weighted by Crippen LogP contribution is 2.01. The number of nitrogens with zero attached hydrogens (tertiary/aromatic N) is 1. The van der Waals surface area contributed by atoms with Crippen LogP contribution in [0.15, 0.2) is 97.3 Å². The fourth-order valence-electron chi connectivity index (χ4n) is 2.87. The molecule has 0 amide bonds. The van der Waals surface area contributed by atoms with Gasteiger partial charge in [0.1, 0.15) is 6.54 Å². The van der Waals surface area contributed by atoms with E-state index >= 15 is 0 Å². The lowest BCUT2D eigenvalue weighted by Crippen LogP contribution is -3.10. The van der Waals surface area contributed by atoms with E-state index in [4.69, 9.17) is 0 Å². The van der Waals surface area contributed by atoms with Crippen LogP contribution in [0, 0.1) is 0 Å². The third-order valence-electron chi connectivity index (χ3n) is 4.21. The molecule has 0 saturated heterocycles. The smallest absolute Gasteiger partial charge is 0.105 e. The maximum Gasteiger partial charge on any atom is 0.105 e. The van der Waals surface area contributed by atoms with E-state index in [2.05, 4.69) is 83.9 Å². The summed E-state index contributed by atoms with van der Waals surface area (Å²) in [5.41, 5.74) is 3.75. The lowest BCUT2D eigenvalue weighted by molar-refractivity contribution is -0.902. The zero-order valence-electron chi connectivity index (χ0n) is 15.0. The molecular formula is C24H25N2+. The molecule has 130 valence electrons. The molecule has 0 radical (unpaired) electrons. The number of rotatable bonds is 8. The number of hydrogen-bond donors (Lipinski definition) is 1. The molecule has 0 unspecified atom stereocenters. The Labute approximate surface area is 156 Å². The second-order valence-corrected chi connectivity index (χ2v) is 6.32.